The molecule has 1 aromatic heterocycles. The lowest BCUT2D eigenvalue weighted by Gasteiger charge is -2.41. The van der Waals surface area contributed by atoms with E-state index in [2.05, 4.69) is 93.4 Å². The van der Waals surface area contributed by atoms with Crippen molar-refractivity contribution in [1.29, 1.82) is 0 Å². The molecule has 0 aliphatic heterocycles. The number of likely N-dealkylation sites (N-methyl/N-ethyl adjacent to an activating group) is 2. The predicted octanol–water partition coefficient (Wildman–Crippen LogP) is 5.79. The minimum atomic E-state index is -0.516. The molecule has 0 radical (unpaired) electrons. The van der Waals surface area contributed by atoms with Crippen LogP contribution in [0.1, 0.15) is 89.7 Å². The van der Waals surface area contributed by atoms with Gasteiger partial charge in [-0.1, -0.05) is 64.1 Å². The average molecular weight is 516 g/mol. The van der Waals surface area contributed by atoms with Crippen LogP contribution in [0.3, 0.4) is 0 Å². The first kappa shape index (κ1) is 29.7. The van der Waals surface area contributed by atoms with Gasteiger partial charge in [0.05, 0.1) is 23.9 Å². The average Bonchev–Trinajstić information content (AvgIpc) is 3.33. The SMILES string of the molecule is CCc1ccc(C(NC)C(CF)n2cc(CCN(C)C3CC(C)CC(O[C@H](C)C(C)(C)C)C3)nn2)cc1. The maximum absolute atomic E-state index is 14.3. The number of halogens is 1. The minimum absolute atomic E-state index is 0.149. The number of rotatable bonds is 12. The summed E-state index contributed by atoms with van der Waals surface area (Å²) in [4.78, 5) is 2.45. The van der Waals surface area contributed by atoms with Gasteiger partial charge in [0.15, 0.2) is 0 Å². The van der Waals surface area contributed by atoms with E-state index in [4.69, 9.17) is 4.74 Å². The molecule has 1 saturated carbocycles. The van der Waals surface area contributed by atoms with Crippen LogP contribution in [0.15, 0.2) is 30.5 Å². The molecule has 1 fully saturated rings. The number of nitrogens with zero attached hydrogens (tertiary/aromatic N) is 4. The van der Waals surface area contributed by atoms with Crippen LogP contribution in [0.2, 0.25) is 0 Å². The van der Waals surface area contributed by atoms with Crippen LogP contribution >= 0.6 is 0 Å². The second kappa shape index (κ2) is 13.3. The summed E-state index contributed by atoms with van der Waals surface area (Å²) in [6, 6.07) is 8.27. The maximum atomic E-state index is 14.3. The Kier molecular flexibility index (Phi) is 10.7. The second-order valence-electron chi connectivity index (χ2n) is 12.2. The molecule has 0 bridgehead atoms. The van der Waals surface area contributed by atoms with Crippen molar-refractivity contribution >= 4 is 0 Å². The Morgan fingerprint density at radius 2 is 1.89 bits per heavy atom. The third kappa shape index (κ3) is 8.08. The highest BCUT2D eigenvalue weighted by atomic mass is 19.1. The van der Waals surface area contributed by atoms with E-state index in [1.54, 1.807) is 4.68 Å². The van der Waals surface area contributed by atoms with Crippen molar-refractivity contribution in [1.82, 2.24) is 25.2 Å². The molecule has 3 rings (SSSR count). The Morgan fingerprint density at radius 3 is 2.49 bits per heavy atom. The van der Waals surface area contributed by atoms with Crippen molar-refractivity contribution in [2.24, 2.45) is 11.3 Å². The number of alkyl halides is 1. The number of hydrogen-bond acceptors (Lipinski definition) is 5. The molecule has 2 aromatic rings. The maximum Gasteiger partial charge on any atom is 0.114 e. The van der Waals surface area contributed by atoms with E-state index < -0.39 is 12.7 Å². The van der Waals surface area contributed by atoms with Crippen LogP contribution < -0.4 is 5.32 Å². The van der Waals surface area contributed by atoms with Crippen LogP contribution in [0.25, 0.3) is 0 Å². The van der Waals surface area contributed by atoms with Crippen molar-refractivity contribution in [3.05, 3.63) is 47.3 Å². The molecule has 0 saturated heterocycles. The fraction of sp³-hybridized carbons (Fsp3) is 0.733. The Morgan fingerprint density at radius 1 is 1.19 bits per heavy atom. The van der Waals surface area contributed by atoms with E-state index in [0.717, 1.165) is 43.5 Å². The third-order valence-electron chi connectivity index (χ3n) is 8.33. The largest absolute Gasteiger partial charge is 0.375 e. The van der Waals surface area contributed by atoms with Crippen molar-refractivity contribution in [2.45, 2.75) is 104 Å². The first-order valence-corrected chi connectivity index (χ1v) is 14.1. The number of benzene rings is 1. The van der Waals surface area contributed by atoms with Crippen LogP contribution in [0.4, 0.5) is 4.39 Å². The van der Waals surface area contributed by atoms with Gasteiger partial charge in [0, 0.05) is 25.2 Å². The van der Waals surface area contributed by atoms with E-state index in [1.165, 1.54) is 12.0 Å². The fourth-order valence-electron chi connectivity index (χ4n) is 5.39. The standard InChI is InChI=1S/C30H50FN5O/c1-9-23-10-12-24(13-11-23)29(32-7)28(19-31)36-20-25(33-34-36)14-15-35(8)26-16-21(2)17-27(18-26)37-22(3)30(4,5)6/h10-13,20-22,26-29,32H,9,14-19H2,1-8H3/t21?,22-,26?,27?,28?,29?/m1/s1. The molecule has 5 unspecified atom stereocenters. The summed E-state index contributed by atoms with van der Waals surface area (Å²) in [5.41, 5.74) is 3.38. The highest BCUT2D eigenvalue weighted by Crippen LogP contribution is 2.33. The molecular formula is C30H50FN5O. The highest BCUT2D eigenvalue weighted by Gasteiger charge is 2.33. The number of ether oxygens (including phenoxy) is 1. The Labute approximate surface area is 224 Å². The van der Waals surface area contributed by atoms with Gasteiger partial charge in [0.2, 0.25) is 0 Å². The van der Waals surface area contributed by atoms with Crippen LogP contribution in [-0.4, -0.2) is 65.5 Å². The molecule has 1 aliphatic carbocycles. The molecular weight excluding hydrogens is 465 g/mol. The van der Waals surface area contributed by atoms with Gasteiger partial charge in [0.1, 0.15) is 12.7 Å². The number of aromatic nitrogens is 3. The number of nitrogens with one attached hydrogen (secondary N) is 1. The molecule has 6 atom stereocenters. The van der Waals surface area contributed by atoms with Gasteiger partial charge in [0.25, 0.3) is 0 Å². The van der Waals surface area contributed by atoms with E-state index in [-0.39, 0.29) is 17.6 Å². The Hall–Kier alpha value is -1.83. The molecule has 37 heavy (non-hydrogen) atoms. The Bertz CT molecular complexity index is 940. The monoisotopic (exact) mass is 515 g/mol. The van der Waals surface area contributed by atoms with Gasteiger partial charge >= 0.3 is 0 Å². The third-order valence-corrected chi connectivity index (χ3v) is 8.33. The lowest BCUT2D eigenvalue weighted by atomic mass is 9.83. The summed E-state index contributed by atoms with van der Waals surface area (Å²) in [5, 5.41) is 12.0. The zero-order valence-corrected chi connectivity index (χ0v) is 24.4. The molecule has 1 N–H and O–H groups in total. The first-order valence-electron chi connectivity index (χ1n) is 14.1. The Balaban J connectivity index is 1.59. The van der Waals surface area contributed by atoms with Gasteiger partial charge in [-0.25, -0.2) is 9.07 Å². The zero-order chi connectivity index (χ0) is 27.2. The summed E-state index contributed by atoms with van der Waals surface area (Å²) in [6.45, 7) is 13.8. The van der Waals surface area contributed by atoms with Gasteiger partial charge in [-0.3, -0.25) is 0 Å². The molecule has 1 aliphatic rings. The molecule has 0 amide bonds. The highest BCUT2D eigenvalue weighted by molar-refractivity contribution is 5.26. The van der Waals surface area contributed by atoms with Crippen LogP contribution in [0.5, 0.6) is 0 Å². The van der Waals surface area contributed by atoms with E-state index >= 15 is 0 Å². The van der Waals surface area contributed by atoms with Crippen molar-refractivity contribution < 1.29 is 9.13 Å². The molecule has 7 heteroatoms. The van der Waals surface area contributed by atoms with Crippen LogP contribution in [0, 0.1) is 11.3 Å². The van der Waals surface area contributed by atoms with Crippen molar-refractivity contribution in [2.75, 3.05) is 27.3 Å². The first-order chi connectivity index (χ1) is 17.5. The van der Waals surface area contributed by atoms with Gasteiger partial charge in [-0.05, 0) is 69.2 Å². The summed E-state index contributed by atoms with van der Waals surface area (Å²) in [6.07, 6.45) is 7.64. The molecule has 1 heterocycles. The van der Waals surface area contributed by atoms with Crippen LogP contribution in [-0.2, 0) is 17.6 Å². The quantitative estimate of drug-likeness (QED) is 0.387. The van der Waals surface area contributed by atoms with E-state index in [9.17, 15) is 4.39 Å². The lowest BCUT2D eigenvalue weighted by Crippen LogP contribution is -2.43. The summed E-state index contributed by atoms with van der Waals surface area (Å²) in [5.74, 6) is 0.648. The number of hydrogen-bond donors (Lipinski definition) is 1. The van der Waals surface area contributed by atoms with Gasteiger partial charge in [-0.2, -0.15) is 0 Å². The number of aryl methyl sites for hydroxylation is 1. The molecule has 208 valence electrons. The molecule has 6 nitrogen and oxygen atoms in total. The lowest BCUT2D eigenvalue weighted by molar-refractivity contribution is -0.0870. The smallest absolute Gasteiger partial charge is 0.114 e. The fourth-order valence-corrected chi connectivity index (χ4v) is 5.39. The molecule has 1 aromatic carbocycles. The summed E-state index contributed by atoms with van der Waals surface area (Å²) in [7, 11) is 4.08. The van der Waals surface area contributed by atoms with Crippen molar-refractivity contribution in [3.8, 4) is 0 Å². The minimum Gasteiger partial charge on any atom is -0.375 e. The van der Waals surface area contributed by atoms with E-state index in [1.807, 2.05) is 13.2 Å². The van der Waals surface area contributed by atoms with E-state index in [0.29, 0.717) is 18.1 Å². The topological polar surface area (TPSA) is 55.2 Å². The van der Waals surface area contributed by atoms with Crippen molar-refractivity contribution in [3.63, 3.8) is 0 Å². The van der Waals surface area contributed by atoms with Gasteiger partial charge in [-0.15, -0.1) is 5.10 Å². The van der Waals surface area contributed by atoms with Gasteiger partial charge < -0.3 is 15.0 Å². The molecule has 0 spiro atoms. The second-order valence-corrected chi connectivity index (χ2v) is 12.2. The predicted molar refractivity (Wildman–Crippen MR) is 150 cm³/mol. The summed E-state index contributed by atoms with van der Waals surface area (Å²) >= 11 is 0. The zero-order valence-electron chi connectivity index (χ0n) is 24.4. The normalized spacial score (nSPS) is 23.2. The summed E-state index contributed by atoms with van der Waals surface area (Å²) < 4.78 is 22.5.